The molecular weight excluding hydrogens is 350 g/mol. The molecule has 2 atom stereocenters. The maximum Gasteiger partial charge on any atom is 0.322 e. The predicted octanol–water partition coefficient (Wildman–Crippen LogP) is -0.649. The minimum atomic E-state index is -1.21. The molecule has 1 unspecified atom stereocenters. The van der Waals surface area contributed by atoms with E-state index in [1.807, 2.05) is 0 Å². The zero-order valence-electron chi connectivity index (χ0n) is 14.6. The third kappa shape index (κ3) is 6.04. The van der Waals surface area contributed by atoms with Gasteiger partial charge in [0.2, 0.25) is 23.6 Å². The molecule has 3 N–H and O–H groups in total. The first-order valence-electron chi connectivity index (χ1n) is 7.68. The van der Waals surface area contributed by atoms with Gasteiger partial charge in [-0.25, -0.2) is 0 Å². The van der Waals surface area contributed by atoms with Crippen molar-refractivity contribution in [1.82, 2.24) is 15.5 Å². The second kappa shape index (κ2) is 8.32. The van der Waals surface area contributed by atoms with Gasteiger partial charge in [-0.15, -0.1) is 11.8 Å². The van der Waals surface area contributed by atoms with Gasteiger partial charge in [-0.3, -0.25) is 28.9 Å². The third-order valence-corrected chi connectivity index (χ3v) is 4.64. The average molecular weight is 373 g/mol. The number of carbonyl (C=O) groups is 5. The number of thioether (sulfide) groups is 1. The molecule has 0 aliphatic carbocycles. The molecule has 0 saturated carbocycles. The molecule has 25 heavy (non-hydrogen) atoms. The lowest BCUT2D eigenvalue weighted by molar-refractivity contribution is -0.143. The van der Waals surface area contributed by atoms with Crippen molar-refractivity contribution in [3.63, 3.8) is 0 Å². The van der Waals surface area contributed by atoms with Gasteiger partial charge in [-0.05, 0) is 20.8 Å². The van der Waals surface area contributed by atoms with Crippen LogP contribution >= 0.6 is 11.8 Å². The van der Waals surface area contributed by atoms with E-state index in [1.54, 1.807) is 20.8 Å². The number of likely N-dealkylation sites (tertiary alicyclic amines) is 1. The van der Waals surface area contributed by atoms with E-state index in [4.69, 9.17) is 5.11 Å². The van der Waals surface area contributed by atoms with Crippen molar-refractivity contribution in [2.75, 3.05) is 12.3 Å². The number of aliphatic carboxylic acids is 1. The topological polar surface area (TPSA) is 133 Å². The largest absolute Gasteiger partial charge is 0.480 e. The number of hydrogen-bond donors (Lipinski definition) is 3. The summed E-state index contributed by atoms with van der Waals surface area (Å²) in [6.07, 6.45) is 0.0321. The van der Waals surface area contributed by atoms with Crippen molar-refractivity contribution in [3.05, 3.63) is 0 Å². The highest BCUT2D eigenvalue weighted by Crippen LogP contribution is 2.30. The fourth-order valence-corrected chi connectivity index (χ4v) is 3.53. The van der Waals surface area contributed by atoms with Crippen LogP contribution in [0.15, 0.2) is 0 Å². The van der Waals surface area contributed by atoms with Crippen molar-refractivity contribution in [1.29, 1.82) is 0 Å². The summed E-state index contributed by atoms with van der Waals surface area (Å²) in [5.41, 5.74) is -0.626. The molecule has 1 aliphatic rings. The maximum atomic E-state index is 12.4. The summed E-state index contributed by atoms with van der Waals surface area (Å²) in [6.45, 7) is 5.94. The highest BCUT2D eigenvalue weighted by molar-refractivity contribution is 8.00. The first-order chi connectivity index (χ1) is 11.4. The van der Waals surface area contributed by atoms with Crippen LogP contribution in [-0.2, 0) is 24.0 Å². The van der Waals surface area contributed by atoms with Gasteiger partial charge in [0, 0.05) is 24.6 Å². The van der Waals surface area contributed by atoms with Crippen LogP contribution in [0.25, 0.3) is 0 Å². The zero-order chi connectivity index (χ0) is 19.4. The molecule has 1 heterocycles. The van der Waals surface area contributed by atoms with Gasteiger partial charge in [0.05, 0.1) is 5.25 Å². The predicted molar refractivity (Wildman–Crippen MR) is 90.7 cm³/mol. The van der Waals surface area contributed by atoms with Crippen LogP contribution in [0.3, 0.4) is 0 Å². The molecule has 1 aliphatic heterocycles. The molecule has 0 radical (unpaired) electrons. The summed E-state index contributed by atoms with van der Waals surface area (Å²) in [4.78, 5) is 59.4. The Morgan fingerprint density at radius 1 is 1.32 bits per heavy atom. The fraction of sp³-hybridized carbons (Fsp3) is 0.667. The van der Waals surface area contributed by atoms with Crippen LogP contribution in [0.4, 0.5) is 0 Å². The first kappa shape index (κ1) is 20.9. The van der Waals surface area contributed by atoms with Gasteiger partial charge < -0.3 is 15.7 Å². The standard InChI is InChI=1S/C15H23N3O6S/c1-8(19)17-9(13(23)16-6-12(21)22)7-25-10-5-11(20)18(14(10)24)15(2,3)4/h9-10H,5-7H2,1-4H3,(H,16,23)(H,17,19)(H,21,22)/t9-,10?/m1/s1. The second-order valence-corrected chi connectivity index (χ2v) is 7.86. The number of imide groups is 1. The number of carbonyl (C=O) groups excluding carboxylic acids is 4. The van der Waals surface area contributed by atoms with Crippen molar-refractivity contribution in [2.24, 2.45) is 0 Å². The molecule has 0 spiro atoms. The summed E-state index contributed by atoms with van der Waals surface area (Å²) < 4.78 is 0. The van der Waals surface area contributed by atoms with Gasteiger partial charge >= 0.3 is 5.97 Å². The molecular formula is C15H23N3O6S. The van der Waals surface area contributed by atoms with E-state index in [9.17, 15) is 24.0 Å². The minimum absolute atomic E-state index is 0.0321. The smallest absolute Gasteiger partial charge is 0.322 e. The summed E-state index contributed by atoms with van der Waals surface area (Å²) in [5.74, 6) is -2.88. The number of carboxylic acids is 1. The van der Waals surface area contributed by atoms with Gasteiger partial charge in [0.25, 0.3) is 0 Å². The molecule has 140 valence electrons. The van der Waals surface area contributed by atoms with Crippen molar-refractivity contribution in [3.8, 4) is 0 Å². The number of amides is 4. The Bertz CT molecular complexity index is 586. The average Bonchev–Trinajstić information content (AvgIpc) is 2.74. The number of hydrogen-bond acceptors (Lipinski definition) is 6. The van der Waals surface area contributed by atoms with E-state index < -0.39 is 41.2 Å². The lowest BCUT2D eigenvalue weighted by Crippen LogP contribution is -2.49. The van der Waals surface area contributed by atoms with Crippen LogP contribution in [-0.4, -0.2) is 68.7 Å². The molecule has 10 heteroatoms. The van der Waals surface area contributed by atoms with Crippen LogP contribution in [0.5, 0.6) is 0 Å². The van der Waals surface area contributed by atoms with E-state index in [0.29, 0.717) is 0 Å². The van der Waals surface area contributed by atoms with Crippen molar-refractivity contribution in [2.45, 2.75) is 50.9 Å². The number of nitrogens with zero attached hydrogens (tertiary/aromatic N) is 1. The minimum Gasteiger partial charge on any atom is -0.480 e. The van der Waals surface area contributed by atoms with Crippen LogP contribution in [0, 0.1) is 0 Å². The van der Waals surface area contributed by atoms with Crippen LogP contribution in [0.2, 0.25) is 0 Å². The molecule has 0 aromatic heterocycles. The molecule has 1 rings (SSSR count). The molecule has 0 bridgehead atoms. The van der Waals surface area contributed by atoms with Gasteiger partial charge in [0.15, 0.2) is 0 Å². The summed E-state index contributed by atoms with van der Waals surface area (Å²) in [6, 6.07) is -0.992. The zero-order valence-corrected chi connectivity index (χ0v) is 15.4. The maximum absolute atomic E-state index is 12.4. The monoisotopic (exact) mass is 373 g/mol. The molecule has 9 nitrogen and oxygen atoms in total. The van der Waals surface area contributed by atoms with E-state index >= 15 is 0 Å². The Kier molecular flexibility index (Phi) is 6.97. The van der Waals surface area contributed by atoms with Gasteiger partial charge in [0.1, 0.15) is 12.6 Å². The second-order valence-electron chi connectivity index (χ2n) is 6.63. The quantitative estimate of drug-likeness (QED) is 0.505. The molecule has 0 aromatic carbocycles. The van der Waals surface area contributed by atoms with E-state index in [0.717, 1.165) is 11.8 Å². The Morgan fingerprint density at radius 2 is 1.92 bits per heavy atom. The fourth-order valence-electron chi connectivity index (χ4n) is 2.37. The van der Waals surface area contributed by atoms with E-state index in [1.165, 1.54) is 11.8 Å². The van der Waals surface area contributed by atoms with Crippen molar-refractivity contribution >= 4 is 41.4 Å². The third-order valence-electron chi connectivity index (χ3n) is 3.35. The number of nitrogens with one attached hydrogen (secondary N) is 2. The van der Waals surface area contributed by atoms with Crippen LogP contribution < -0.4 is 10.6 Å². The molecule has 4 amide bonds. The van der Waals surface area contributed by atoms with E-state index in [2.05, 4.69) is 10.6 Å². The Morgan fingerprint density at radius 3 is 2.36 bits per heavy atom. The number of carboxylic acid groups (broad SMARTS) is 1. The van der Waals surface area contributed by atoms with E-state index in [-0.39, 0.29) is 24.0 Å². The molecule has 1 fully saturated rings. The SMILES string of the molecule is CC(=O)N[C@H](CSC1CC(=O)N(C(C)(C)C)C1=O)C(=O)NCC(=O)O. The first-order valence-corrected chi connectivity index (χ1v) is 8.73. The lowest BCUT2D eigenvalue weighted by atomic mass is 10.1. The van der Waals surface area contributed by atoms with Gasteiger partial charge in [-0.1, -0.05) is 0 Å². The number of rotatable bonds is 7. The molecule has 1 saturated heterocycles. The molecule has 0 aromatic rings. The van der Waals surface area contributed by atoms with Crippen molar-refractivity contribution < 1.29 is 29.1 Å². The summed E-state index contributed by atoms with van der Waals surface area (Å²) in [7, 11) is 0. The highest BCUT2D eigenvalue weighted by atomic mass is 32.2. The summed E-state index contributed by atoms with van der Waals surface area (Å²) in [5, 5.41) is 12.6. The Hall–Kier alpha value is -2.10. The van der Waals surface area contributed by atoms with Crippen LogP contribution in [0.1, 0.15) is 34.1 Å². The summed E-state index contributed by atoms with van der Waals surface area (Å²) >= 11 is 1.09. The van der Waals surface area contributed by atoms with Gasteiger partial charge in [-0.2, -0.15) is 0 Å². The lowest BCUT2D eigenvalue weighted by Gasteiger charge is -2.30. The Balaban J connectivity index is 2.72. The normalized spacial score (nSPS) is 18.9. The highest BCUT2D eigenvalue weighted by Gasteiger charge is 2.44. The Labute approximate surface area is 149 Å².